The zero-order valence-corrected chi connectivity index (χ0v) is 12.6. The highest BCUT2D eigenvalue weighted by Crippen LogP contribution is 2.06. The normalized spacial score (nSPS) is 10.3. The lowest BCUT2D eigenvalue weighted by Gasteiger charge is -2.07. The maximum Gasteiger partial charge on any atom is 0.273 e. The van der Waals surface area contributed by atoms with E-state index in [9.17, 15) is 9.59 Å². The molecule has 1 aromatic carbocycles. The van der Waals surface area contributed by atoms with Crippen LogP contribution < -0.4 is 10.6 Å². The molecule has 0 fully saturated rings. The van der Waals surface area contributed by atoms with Gasteiger partial charge in [0.25, 0.3) is 11.8 Å². The molecule has 2 heterocycles. The zero-order chi connectivity index (χ0) is 16.8. The molecule has 0 saturated carbocycles. The van der Waals surface area contributed by atoms with E-state index in [0.717, 1.165) is 11.1 Å². The predicted molar refractivity (Wildman–Crippen MR) is 81.8 cm³/mol. The van der Waals surface area contributed by atoms with Crippen molar-refractivity contribution < 1.29 is 18.6 Å². The standard InChI is InChI=1S/C16H14N4O4/c21-15(13-4-6-23-19-13)17-9-11-2-1-3-12(8-11)10-18-16(22)14-5-7-24-20-14/h1-8H,9-10H2,(H,17,21)(H,18,22). The Labute approximate surface area is 136 Å². The monoisotopic (exact) mass is 326 g/mol. The number of carbonyl (C=O) groups is 2. The summed E-state index contributed by atoms with van der Waals surface area (Å²) in [7, 11) is 0. The van der Waals surface area contributed by atoms with Gasteiger partial charge in [-0.3, -0.25) is 9.59 Å². The first kappa shape index (κ1) is 15.5. The van der Waals surface area contributed by atoms with Crippen LogP contribution in [0, 0.1) is 0 Å². The molecule has 0 atom stereocenters. The molecule has 0 aliphatic carbocycles. The molecule has 0 unspecified atom stereocenters. The van der Waals surface area contributed by atoms with Crippen molar-refractivity contribution in [2.75, 3.05) is 0 Å². The van der Waals surface area contributed by atoms with Crippen LogP contribution in [0.2, 0.25) is 0 Å². The van der Waals surface area contributed by atoms with Gasteiger partial charge in [0.2, 0.25) is 0 Å². The van der Waals surface area contributed by atoms with E-state index < -0.39 is 0 Å². The Kier molecular flexibility index (Phi) is 4.66. The van der Waals surface area contributed by atoms with Crippen molar-refractivity contribution in [3.63, 3.8) is 0 Å². The summed E-state index contributed by atoms with van der Waals surface area (Å²) >= 11 is 0. The van der Waals surface area contributed by atoms with Gasteiger partial charge in [-0.15, -0.1) is 0 Å². The second-order valence-corrected chi connectivity index (χ2v) is 4.95. The molecule has 122 valence electrons. The summed E-state index contributed by atoms with van der Waals surface area (Å²) < 4.78 is 9.26. The minimum atomic E-state index is -0.312. The summed E-state index contributed by atoms with van der Waals surface area (Å²) in [5.74, 6) is -0.623. The first-order valence-electron chi connectivity index (χ1n) is 7.17. The Hall–Kier alpha value is -3.42. The molecule has 24 heavy (non-hydrogen) atoms. The van der Waals surface area contributed by atoms with Gasteiger partial charge in [0.05, 0.1) is 0 Å². The molecular formula is C16H14N4O4. The molecule has 2 amide bonds. The summed E-state index contributed by atoms with van der Waals surface area (Å²) in [6.45, 7) is 0.688. The van der Waals surface area contributed by atoms with Crippen molar-refractivity contribution in [1.82, 2.24) is 20.9 Å². The van der Waals surface area contributed by atoms with Gasteiger partial charge in [-0.05, 0) is 11.1 Å². The lowest BCUT2D eigenvalue weighted by atomic mass is 10.1. The van der Waals surface area contributed by atoms with Gasteiger partial charge >= 0.3 is 0 Å². The van der Waals surface area contributed by atoms with Gasteiger partial charge in [-0.2, -0.15) is 0 Å². The molecule has 0 aliphatic rings. The molecule has 8 heteroatoms. The second-order valence-electron chi connectivity index (χ2n) is 4.95. The highest BCUT2D eigenvalue weighted by Gasteiger charge is 2.10. The minimum absolute atomic E-state index is 0.228. The number of nitrogens with zero attached hydrogens (tertiary/aromatic N) is 2. The number of aromatic nitrogens is 2. The number of hydrogen-bond donors (Lipinski definition) is 2. The fraction of sp³-hybridized carbons (Fsp3) is 0.125. The van der Waals surface area contributed by atoms with Gasteiger partial charge in [0.15, 0.2) is 11.4 Å². The maximum absolute atomic E-state index is 11.8. The van der Waals surface area contributed by atoms with Crippen LogP contribution in [0.3, 0.4) is 0 Å². The third kappa shape index (κ3) is 3.86. The van der Waals surface area contributed by atoms with Gasteiger partial charge < -0.3 is 19.7 Å². The van der Waals surface area contributed by atoms with E-state index in [0.29, 0.717) is 13.1 Å². The quantitative estimate of drug-likeness (QED) is 0.710. The highest BCUT2D eigenvalue weighted by atomic mass is 16.5. The molecule has 0 spiro atoms. The van der Waals surface area contributed by atoms with Crippen LogP contribution in [0.15, 0.2) is 58.0 Å². The van der Waals surface area contributed by atoms with Crippen molar-refractivity contribution in [3.05, 3.63) is 71.4 Å². The summed E-state index contributed by atoms with van der Waals surface area (Å²) in [4.78, 5) is 23.6. The largest absolute Gasteiger partial charge is 0.364 e. The van der Waals surface area contributed by atoms with Crippen molar-refractivity contribution in [1.29, 1.82) is 0 Å². The van der Waals surface area contributed by atoms with Gasteiger partial charge in [-0.1, -0.05) is 34.6 Å². The van der Waals surface area contributed by atoms with Crippen molar-refractivity contribution in [3.8, 4) is 0 Å². The molecule has 2 aromatic heterocycles. The van der Waals surface area contributed by atoms with E-state index in [1.165, 1.54) is 24.7 Å². The highest BCUT2D eigenvalue weighted by molar-refractivity contribution is 5.92. The minimum Gasteiger partial charge on any atom is -0.364 e. The first-order valence-corrected chi connectivity index (χ1v) is 7.17. The number of amides is 2. The molecule has 0 aliphatic heterocycles. The SMILES string of the molecule is O=C(NCc1cccc(CNC(=O)c2ccon2)c1)c1ccon1. The maximum atomic E-state index is 11.8. The van der Waals surface area contributed by atoms with E-state index in [4.69, 9.17) is 0 Å². The first-order chi connectivity index (χ1) is 11.7. The zero-order valence-electron chi connectivity index (χ0n) is 12.6. The van der Waals surface area contributed by atoms with Crippen LogP contribution in [-0.2, 0) is 13.1 Å². The molecule has 8 nitrogen and oxygen atoms in total. The fourth-order valence-corrected chi connectivity index (χ4v) is 2.05. The summed E-state index contributed by atoms with van der Waals surface area (Å²) in [6.07, 6.45) is 2.68. The van der Waals surface area contributed by atoms with E-state index in [-0.39, 0.29) is 23.2 Å². The topological polar surface area (TPSA) is 110 Å². The average molecular weight is 326 g/mol. The lowest BCUT2D eigenvalue weighted by molar-refractivity contribution is 0.0934. The molecule has 0 saturated heterocycles. The summed E-state index contributed by atoms with van der Waals surface area (Å²) in [5.41, 5.74) is 2.26. The average Bonchev–Trinajstić information content (AvgIpc) is 3.31. The Morgan fingerprint density at radius 1 is 0.833 bits per heavy atom. The second kappa shape index (κ2) is 7.23. The number of hydrogen-bond acceptors (Lipinski definition) is 6. The molecular weight excluding hydrogens is 312 g/mol. The Bertz CT molecular complexity index is 747. The van der Waals surface area contributed by atoms with Gasteiger partial charge in [0, 0.05) is 25.2 Å². The van der Waals surface area contributed by atoms with Crippen LogP contribution >= 0.6 is 0 Å². The molecule has 0 bridgehead atoms. The summed E-state index contributed by atoms with van der Waals surface area (Å²) in [5, 5.41) is 12.6. The smallest absolute Gasteiger partial charge is 0.273 e. The molecule has 3 rings (SSSR count). The van der Waals surface area contributed by atoms with Crippen LogP contribution in [-0.4, -0.2) is 22.1 Å². The van der Waals surface area contributed by atoms with Gasteiger partial charge in [-0.25, -0.2) is 0 Å². The van der Waals surface area contributed by atoms with E-state index in [1.807, 2.05) is 24.3 Å². The lowest BCUT2D eigenvalue weighted by Crippen LogP contribution is -2.24. The van der Waals surface area contributed by atoms with Crippen molar-refractivity contribution in [2.24, 2.45) is 0 Å². The number of rotatable bonds is 6. The van der Waals surface area contributed by atoms with Gasteiger partial charge in [0.1, 0.15) is 12.5 Å². The number of nitrogens with one attached hydrogen (secondary N) is 2. The Morgan fingerprint density at radius 2 is 1.33 bits per heavy atom. The summed E-state index contributed by atoms with van der Waals surface area (Å²) in [6, 6.07) is 10.5. The fourth-order valence-electron chi connectivity index (χ4n) is 2.05. The van der Waals surface area contributed by atoms with Crippen LogP contribution in [0.1, 0.15) is 32.1 Å². The Morgan fingerprint density at radius 3 is 1.75 bits per heavy atom. The molecule has 3 aromatic rings. The van der Waals surface area contributed by atoms with E-state index in [1.54, 1.807) is 0 Å². The Balaban J connectivity index is 1.54. The number of carbonyl (C=O) groups excluding carboxylic acids is 2. The van der Waals surface area contributed by atoms with Crippen LogP contribution in [0.5, 0.6) is 0 Å². The van der Waals surface area contributed by atoms with Crippen molar-refractivity contribution >= 4 is 11.8 Å². The molecule has 0 radical (unpaired) electrons. The van der Waals surface area contributed by atoms with Crippen molar-refractivity contribution in [2.45, 2.75) is 13.1 Å². The van der Waals surface area contributed by atoms with E-state index in [2.05, 4.69) is 30.0 Å². The van der Waals surface area contributed by atoms with E-state index >= 15 is 0 Å². The predicted octanol–water partition coefficient (Wildman–Crippen LogP) is 1.52. The van der Waals surface area contributed by atoms with Crippen LogP contribution in [0.25, 0.3) is 0 Å². The van der Waals surface area contributed by atoms with Crippen LogP contribution in [0.4, 0.5) is 0 Å². The third-order valence-corrected chi connectivity index (χ3v) is 3.24. The molecule has 2 N–H and O–H groups in total. The number of benzene rings is 1. The third-order valence-electron chi connectivity index (χ3n) is 3.24.